The number of para-hydroxylation sites is 1. The number of benzene rings is 1. The highest BCUT2D eigenvalue weighted by molar-refractivity contribution is 7.93. The van der Waals surface area contributed by atoms with Crippen LogP contribution < -0.4 is 4.72 Å². The first-order chi connectivity index (χ1) is 10.9. The lowest BCUT2D eigenvalue weighted by atomic mass is 10.1. The number of nitro groups is 1. The molecule has 9 heteroatoms. The lowest BCUT2D eigenvalue weighted by molar-refractivity contribution is -0.387. The van der Waals surface area contributed by atoms with Crippen molar-refractivity contribution in [3.8, 4) is 6.07 Å². The van der Waals surface area contributed by atoms with Crippen LogP contribution in [0.1, 0.15) is 22.4 Å². The van der Waals surface area contributed by atoms with Gasteiger partial charge in [0.05, 0.1) is 10.5 Å². The third-order valence-electron chi connectivity index (χ3n) is 3.61. The topological polar surface area (TPSA) is 113 Å². The van der Waals surface area contributed by atoms with Crippen molar-refractivity contribution in [3.63, 3.8) is 0 Å². The molecule has 7 nitrogen and oxygen atoms in total. The number of fused-ring (bicyclic) bond motifs is 1. The predicted molar refractivity (Wildman–Crippen MR) is 85.0 cm³/mol. The molecule has 118 valence electrons. The Bertz CT molecular complexity index is 941. The van der Waals surface area contributed by atoms with Gasteiger partial charge in [0, 0.05) is 10.9 Å². The Kier molecular flexibility index (Phi) is 3.79. The van der Waals surface area contributed by atoms with Crippen molar-refractivity contribution in [2.24, 2.45) is 0 Å². The minimum Gasteiger partial charge on any atom is -0.269 e. The maximum atomic E-state index is 12.5. The molecule has 3 rings (SSSR count). The summed E-state index contributed by atoms with van der Waals surface area (Å²) in [5, 5.41) is 20.5. The number of anilines is 1. The molecule has 1 N–H and O–H groups in total. The van der Waals surface area contributed by atoms with E-state index in [2.05, 4.69) is 4.72 Å². The summed E-state index contributed by atoms with van der Waals surface area (Å²) < 4.78 is 27.3. The Morgan fingerprint density at radius 3 is 2.74 bits per heavy atom. The molecule has 0 atom stereocenters. The first-order valence-corrected chi connectivity index (χ1v) is 9.05. The minimum atomic E-state index is -4.14. The van der Waals surface area contributed by atoms with Gasteiger partial charge in [0.25, 0.3) is 15.7 Å². The zero-order valence-corrected chi connectivity index (χ0v) is 13.4. The number of sulfonamides is 1. The van der Waals surface area contributed by atoms with Gasteiger partial charge in [-0.15, -0.1) is 11.3 Å². The lowest BCUT2D eigenvalue weighted by Gasteiger charge is -2.07. The summed E-state index contributed by atoms with van der Waals surface area (Å²) in [4.78, 5) is 10.9. The molecule has 0 unspecified atom stereocenters. The third kappa shape index (κ3) is 2.67. The van der Waals surface area contributed by atoms with E-state index in [1.54, 1.807) is 0 Å². The molecule has 0 saturated heterocycles. The zero-order valence-electron chi connectivity index (χ0n) is 11.8. The Morgan fingerprint density at radius 1 is 1.30 bits per heavy atom. The molecule has 1 aromatic heterocycles. The van der Waals surface area contributed by atoms with E-state index in [1.807, 2.05) is 6.07 Å². The molecule has 0 radical (unpaired) electrons. The molecule has 2 aromatic rings. The van der Waals surface area contributed by atoms with E-state index in [9.17, 15) is 23.8 Å². The smallest absolute Gasteiger partial charge is 0.269 e. The summed E-state index contributed by atoms with van der Waals surface area (Å²) in [7, 11) is -4.14. The van der Waals surface area contributed by atoms with Gasteiger partial charge in [0.2, 0.25) is 0 Å². The van der Waals surface area contributed by atoms with Crippen molar-refractivity contribution in [2.75, 3.05) is 4.72 Å². The van der Waals surface area contributed by atoms with E-state index >= 15 is 0 Å². The van der Waals surface area contributed by atoms with Gasteiger partial charge in [-0.2, -0.15) is 5.26 Å². The molecule has 0 amide bonds. The second kappa shape index (κ2) is 5.64. The van der Waals surface area contributed by atoms with Crippen LogP contribution in [0.25, 0.3) is 0 Å². The molecule has 0 fully saturated rings. The van der Waals surface area contributed by atoms with Crippen molar-refractivity contribution in [1.29, 1.82) is 5.26 Å². The van der Waals surface area contributed by atoms with Crippen LogP contribution in [-0.2, 0) is 22.9 Å². The van der Waals surface area contributed by atoms with Crippen LogP contribution in [-0.4, -0.2) is 13.3 Å². The summed E-state index contributed by atoms with van der Waals surface area (Å²) in [6.45, 7) is 0. The van der Waals surface area contributed by atoms with E-state index in [1.165, 1.54) is 29.5 Å². The number of nitrogens with one attached hydrogen (secondary N) is 1. The van der Waals surface area contributed by atoms with Crippen LogP contribution in [0.5, 0.6) is 0 Å². The monoisotopic (exact) mass is 349 g/mol. The normalized spacial score (nSPS) is 13.3. The number of hydrogen-bond donors (Lipinski definition) is 1. The van der Waals surface area contributed by atoms with Crippen LogP contribution >= 0.6 is 11.3 Å². The predicted octanol–water partition coefficient (Wildman–Crippen LogP) is 2.82. The average Bonchev–Trinajstić information content (AvgIpc) is 3.07. The molecule has 1 aliphatic rings. The maximum absolute atomic E-state index is 12.5. The van der Waals surface area contributed by atoms with Gasteiger partial charge >= 0.3 is 0 Å². The van der Waals surface area contributed by atoms with Crippen LogP contribution in [0.2, 0.25) is 0 Å². The Balaban J connectivity index is 2.04. The van der Waals surface area contributed by atoms with Crippen LogP contribution in [0, 0.1) is 21.4 Å². The molecule has 23 heavy (non-hydrogen) atoms. The Morgan fingerprint density at radius 2 is 2.04 bits per heavy atom. The zero-order chi connectivity index (χ0) is 16.6. The fraction of sp³-hybridized carbons (Fsp3) is 0.214. The highest BCUT2D eigenvalue weighted by Gasteiger charge is 2.29. The molecule has 1 heterocycles. The van der Waals surface area contributed by atoms with E-state index in [-0.39, 0.29) is 5.00 Å². The number of hydrogen-bond acceptors (Lipinski definition) is 6. The number of nitro benzene ring substituents is 1. The fourth-order valence-corrected chi connectivity index (χ4v) is 5.33. The van der Waals surface area contributed by atoms with Gasteiger partial charge in [-0.3, -0.25) is 14.8 Å². The standard InChI is InChI=1S/C14H11N3O4S2/c15-8-10-9-4-3-6-12(9)22-14(10)16-23(20,21)13-7-2-1-5-11(13)17(18)19/h1-2,5,7,16H,3-4,6H2. The highest BCUT2D eigenvalue weighted by atomic mass is 32.2. The minimum absolute atomic E-state index is 0.232. The van der Waals surface area contributed by atoms with Crippen LogP contribution in [0.3, 0.4) is 0 Å². The maximum Gasteiger partial charge on any atom is 0.289 e. The quantitative estimate of drug-likeness (QED) is 0.673. The van der Waals surface area contributed by atoms with Gasteiger partial charge in [0.1, 0.15) is 11.1 Å². The summed E-state index contributed by atoms with van der Waals surface area (Å²) >= 11 is 1.23. The summed E-state index contributed by atoms with van der Waals surface area (Å²) in [6.07, 6.45) is 2.52. The largest absolute Gasteiger partial charge is 0.289 e. The van der Waals surface area contributed by atoms with E-state index in [0.717, 1.165) is 35.8 Å². The Hall–Kier alpha value is -2.44. The van der Waals surface area contributed by atoms with Gasteiger partial charge in [0.15, 0.2) is 4.90 Å². The van der Waals surface area contributed by atoms with E-state index in [0.29, 0.717) is 5.56 Å². The molecule has 0 saturated carbocycles. The third-order valence-corrected chi connectivity index (χ3v) is 6.35. The van der Waals surface area contributed by atoms with Crippen molar-refractivity contribution >= 4 is 32.0 Å². The number of nitrogens with zero attached hydrogens (tertiary/aromatic N) is 2. The molecule has 1 aromatic carbocycles. The molecule has 0 bridgehead atoms. The average molecular weight is 349 g/mol. The van der Waals surface area contributed by atoms with Crippen LogP contribution in [0.15, 0.2) is 29.2 Å². The van der Waals surface area contributed by atoms with Gasteiger partial charge in [-0.25, -0.2) is 8.42 Å². The second-order valence-corrected chi connectivity index (χ2v) is 7.76. The fourth-order valence-electron chi connectivity index (χ4n) is 2.61. The summed E-state index contributed by atoms with van der Waals surface area (Å²) in [5.41, 5.74) is 0.713. The number of aryl methyl sites for hydroxylation is 1. The first-order valence-electron chi connectivity index (χ1n) is 6.75. The van der Waals surface area contributed by atoms with Gasteiger partial charge < -0.3 is 0 Å². The molecule has 0 spiro atoms. The SMILES string of the molecule is N#Cc1c(NS(=O)(=O)c2ccccc2[N+](=O)[O-])sc2c1CCC2. The Labute approximate surface area is 136 Å². The van der Waals surface area contributed by atoms with Gasteiger partial charge in [-0.1, -0.05) is 12.1 Å². The highest BCUT2D eigenvalue weighted by Crippen LogP contribution is 2.39. The first kappa shape index (κ1) is 15.5. The molecule has 0 aliphatic heterocycles. The van der Waals surface area contributed by atoms with Crippen molar-refractivity contribution in [3.05, 3.63) is 50.4 Å². The van der Waals surface area contributed by atoms with Crippen molar-refractivity contribution < 1.29 is 13.3 Å². The van der Waals surface area contributed by atoms with Gasteiger partial charge in [-0.05, 0) is 30.9 Å². The van der Waals surface area contributed by atoms with Crippen LogP contribution in [0.4, 0.5) is 10.7 Å². The summed E-state index contributed by atoms with van der Waals surface area (Å²) in [5.74, 6) is 0. The molecular formula is C14H11N3O4S2. The number of nitriles is 1. The van der Waals surface area contributed by atoms with E-state index < -0.39 is 25.5 Å². The summed E-state index contributed by atoms with van der Waals surface area (Å²) in [6, 6.07) is 7.16. The second-order valence-electron chi connectivity index (χ2n) is 5.00. The number of thiophene rings is 1. The van der Waals surface area contributed by atoms with Crippen molar-refractivity contribution in [1.82, 2.24) is 0 Å². The number of rotatable bonds is 4. The van der Waals surface area contributed by atoms with Crippen molar-refractivity contribution in [2.45, 2.75) is 24.2 Å². The van der Waals surface area contributed by atoms with E-state index in [4.69, 9.17) is 0 Å². The molecule has 1 aliphatic carbocycles. The molecular weight excluding hydrogens is 338 g/mol. The lowest BCUT2D eigenvalue weighted by Crippen LogP contribution is -2.14.